The van der Waals surface area contributed by atoms with Gasteiger partial charge in [0, 0.05) is 12.6 Å². The fourth-order valence-electron chi connectivity index (χ4n) is 1.10. The SMILES string of the molecule is C[C@H](N)[C@@H]1OCC[C@@H]1O. The summed E-state index contributed by atoms with van der Waals surface area (Å²) in [5.41, 5.74) is 5.50. The molecule has 1 fully saturated rings. The van der Waals surface area contributed by atoms with Gasteiger partial charge in [0.2, 0.25) is 0 Å². The van der Waals surface area contributed by atoms with E-state index in [9.17, 15) is 0 Å². The third-order valence-corrected chi connectivity index (χ3v) is 1.62. The average Bonchev–Trinajstić information content (AvgIpc) is 2.13. The van der Waals surface area contributed by atoms with Crippen LogP contribution in [0.5, 0.6) is 0 Å². The van der Waals surface area contributed by atoms with Crippen molar-refractivity contribution in [3.05, 3.63) is 0 Å². The summed E-state index contributed by atoms with van der Waals surface area (Å²) >= 11 is 0. The summed E-state index contributed by atoms with van der Waals surface area (Å²) in [6.07, 6.45) is 0.252. The van der Waals surface area contributed by atoms with E-state index in [1.165, 1.54) is 0 Å². The van der Waals surface area contributed by atoms with Crippen molar-refractivity contribution in [3.63, 3.8) is 0 Å². The zero-order chi connectivity index (χ0) is 6.85. The summed E-state index contributed by atoms with van der Waals surface area (Å²) in [6.45, 7) is 2.49. The van der Waals surface area contributed by atoms with Crippen LogP contribution in [0.25, 0.3) is 0 Å². The maximum atomic E-state index is 9.15. The second-order valence-electron chi connectivity index (χ2n) is 2.55. The number of hydrogen-bond acceptors (Lipinski definition) is 3. The Bertz CT molecular complexity index is 95.1. The minimum atomic E-state index is -0.343. The van der Waals surface area contributed by atoms with Crippen LogP contribution in [0, 0.1) is 0 Å². The number of nitrogens with two attached hydrogens (primary N) is 1. The highest BCUT2D eigenvalue weighted by atomic mass is 16.5. The zero-order valence-corrected chi connectivity index (χ0v) is 5.58. The molecule has 1 heterocycles. The molecule has 1 rings (SSSR count). The van der Waals surface area contributed by atoms with Gasteiger partial charge >= 0.3 is 0 Å². The molecule has 1 aliphatic heterocycles. The monoisotopic (exact) mass is 131 g/mol. The van der Waals surface area contributed by atoms with Crippen LogP contribution in [-0.4, -0.2) is 30.0 Å². The van der Waals surface area contributed by atoms with Gasteiger partial charge in [0.25, 0.3) is 0 Å². The minimum absolute atomic E-state index is 0.0532. The molecule has 0 radical (unpaired) electrons. The van der Waals surface area contributed by atoms with Gasteiger partial charge in [-0.2, -0.15) is 0 Å². The molecule has 1 aliphatic rings. The van der Waals surface area contributed by atoms with Crippen LogP contribution < -0.4 is 5.73 Å². The van der Waals surface area contributed by atoms with Crippen molar-refractivity contribution in [2.75, 3.05) is 6.61 Å². The van der Waals surface area contributed by atoms with Gasteiger partial charge in [-0.1, -0.05) is 0 Å². The van der Waals surface area contributed by atoms with E-state index in [1.807, 2.05) is 6.92 Å². The maximum absolute atomic E-state index is 9.15. The summed E-state index contributed by atoms with van der Waals surface area (Å²) in [4.78, 5) is 0. The predicted octanol–water partition coefficient (Wildman–Crippen LogP) is -0.517. The summed E-state index contributed by atoms with van der Waals surface area (Å²) < 4.78 is 5.15. The van der Waals surface area contributed by atoms with Gasteiger partial charge in [0.1, 0.15) is 0 Å². The molecule has 3 heteroatoms. The van der Waals surface area contributed by atoms with Crippen LogP contribution in [0.1, 0.15) is 13.3 Å². The van der Waals surface area contributed by atoms with Crippen molar-refractivity contribution in [2.24, 2.45) is 5.73 Å². The molecule has 1 saturated heterocycles. The van der Waals surface area contributed by atoms with Crippen LogP contribution in [0.2, 0.25) is 0 Å². The standard InChI is InChI=1S/C6H13NO2/c1-4(7)6-5(8)2-3-9-6/h4-6,8H,2-3,7H2,1H3/t4-,5-,6-/m0/s1. The molecule has 3 nitrogen and oxygen atoms in total. The van der Waals surface area contributed by atoms with Crippen molar-refractivity contribution < 1.29 is 9.84 Å². The first-order valence-corrected chi connectivity index (χ1v) is 3.27. The maximum Gasteiger partial charge on any atom is 0.0982 e. The molecule has 3 atom stereocenters. The van der Waals surface area contributed by atoms with Crippen LogP contribution >= 0.6 is 0 Å². The first-order valence-electron chi connectivity index (χ1n) is 3.27. The Morgan fingerprint density at radius 3 is 2.67 bits per heavy atom. The quantitative estimate of drug-likeness (QED) is 0.503. The molecule has 0 spiro atoms. The Balaban J connectivity index is 2.40. The number of hydrogen-bond donors (Lipinski definition) is 2. The largest absolute Gasteiger partial charge is 0.390 e. The molecule has 0 amide bonds. The predicted molar refractivity (Wildman–Crippen MR) is 34.0 cm³/mol. The highest BCUT2D eigenvalue weighted by Crippen LogP contribution is 2.14. The first kappa shape index (κ1) is 6.99. The van der Waals surface area contributed by atoms with Crippen LogP contribution in [0.15, 0.2) is 0 Å². The third kappa shape index (κ3) is 1.41. The van der Waals surface area contributed by atoms with Gasteiger partial charge in [-0.25, -0.2) is 0 Å². The topological polar surface area (TPSA) is 55.5 Å². The summed E-state index contributed by atoms with van der Waals surface area (Å²) in [7, 11) is 0. The molecule has 0 bridgehead atoms. The normalized spacial score (nSPS) is 39.0. The van der Waals surface area contributed by atoms with Gasteiger partial charge in [0.15, 0.2) is 0 Å². The van der Waals surface area contributed by atoms with Gasteiger partial charge in [-0.05, 0) is 13.3 Å². The Labute approximate surface area is 54.8 Å². The molecule has 0 saturated carbocycles. The van der Waals surface area contributed by atoms with Crippen LogP contribution in [0.4, 0.5) is 0 Å². The Kier molecular flexibility index (Phi) is 2.05. The summed E-state index contributed by atoms with van der Waals surface area (Å²) in [5.74, 6) is 0. The van der Waals surface area contributed by atoms with E-state index >= 15 is 0 Å². The Hall–Kier alpha value is -0.120. The van der Waals surface area contributed by atoms with E-state index in [2.05, 4.69) is 0 Å². The van der Waals surface area contributed by atoms with Crippen molar-refractivity contribution in [1.82, 2.24) is 0 Å². The lowest BCUT2D eigenvalue weighted by Gasteiger charge is -2.16. The fraction of sp³-hybridized carbons (Fsp3) is 1.00. The molecule has 0 aliphatic carbocycles. The molecule has 0 aromatic rings. The minimum Gasteiger partial charge on any atom is -0.390 e. The molecular formula is C6H13NO2. The van der Waals surface area contributed by atoms with Gasteiger partial charge < -0.3 is 15.6 Å². The van der Waals surface area contributed by atoms with Crippen molar-refractivity contribution in [2.45, 2.75) is 31.6 Å². The molecule has 9 heavy (non-hydrogen) atoms. The lowest BCUT2D eigenvalue weighted by atomic mass is 10.1. The van der Waals surface area contributed by atoms with E-state index in [-0.39, 0.29) is 18.2 Å². The molecule has 3 N–H and O–H groups in total. The lowest BCUT2D eigenvalue weighted by molar-refractivity contribution is 0.0290. The highest BCUT2D eigenvalue weighted by Gasteiger charge is 2.28. The first-order chi connectivity index (χ1) is 4.22. The molecule has 0 aromatic heterocycles. The number of aliphatic hydroxyl groups is 1. The molecule has 0 unspecified atom stereocenters. The third-order valence-electron chi connectivity index (χ3n) is 1.62. The van der Waals surface area contributed by atoms with Gasteiger partial charge in [-0.15, -0.1) is 0 Å². The van der Waals surface area contributed by atoms with Crippen LogP contribution in [-0.2, 0) is 4.74 Å². The van der Waals surface area contributed by atoms with Crippen molar-refractivity contribution in [1.29, 1.82) is 0 Å². The Morgan fingerprint density at radius 1 is 1.78 bits per heavy atom. The van der Waals surface area contributed by atoms with Gasteiger partial charge in [-0.3, -0.25) is 0 Å². The average molecular weight is 131 g/mol. The Morgan fingerprint density at radius 2 is 2.44 bits per heavy atom. The molecular weight excluding hydrogens is 118 g/mol. The smallest absolute Gasteiger partial charge is 0.0982 e. The fourth-order valence-corrected chi connectivity index (χ4v) is 1.10. The second kappa shape index (κ2) is 2.64. The summed E-state index contributed by atoms with van der Waals surface area (Å²) in [6, 6.07) is -0.0532. The van der Waals surface area contributed by atoms with E-state index in [0.29, 0.717) is 6.61 Å². The number of aliphatic hydroxyl groups excluding tert-OH is 1. The lowest BCUT2D eigenvalue weighted by Crippen LogP contribution is -2.38. The van der Waals surface area contributed by atoms with E-state index in [4.69, 9.17) is 15.6 Å². The number of rotatable bonds is 1. The van der Waals surface area contributed by atoms with Crippen molar-refractivity contribution >= 4 is 0 Å². The van der Waals surface area contributed by atoms with E-state index < -0.39 is 0 Å². The molecule has 54 valence electrons. The number of ether oxygens (including phenoxy) is 1. The molecule has 0 aromatic carbocycles. The van der Waals surface area contributed by atoms with Gasteiger partial charge in [0.05, 0.1) is 12.2 Å². The van der Waals surface area contributed by atoms with E-state index in [1.54, 1.807) is 0 Å². The van der Waals surface area contributed by atoms with Crippen LogP contribution in [0.3, 0.4) is 0 Å². The van der Waals surface area contributed by atoms with E-state index in [0.717, 1.165) is 6.42 Å². The highest BCUT2D eigenvalue weighted by molar-refractivity contribution is 4.81. The second-order valence-corrected chi connectivity index (χ2v) is 2.55. The summed E-state index contributed by atoms with van der Waals surface area (Å²) in [5, 5.41) is 9.15. The zero-order valence-electron chi connectivity index (χ0n) is 5.58. The van der Waals surface area contributed by atoms with Crippen molar-refractivity contribution in [3.8, 4) is 0 Å².